The van der Waals surface area contributed by atoms with E-state index in [4.69, 9.17) is 11.6 Å². The van der Waals surface area contributed by atoms with Crippen LogP contribution >= 0.6 is 27.5 Å². The van der Waals surface area contributed by atoms with Crippen LogP contribution in [0, 0.1) is 6.92 Å². The first-order valence-corrected chi connectivity index (χ1v) is 8.55. The van der Waals surface area contributed by atoms with Crippen molar-refractivity contribution in [1.29, 1.82) is 0 Å². The Bertz CT molecular complexity index is 732. The molecule has 0 saturated carbocycles. The first kappa shape index (κ1) is 15.5. The fourth-order valence-electron chi connectivity index (χ4n) is 1.71. The van der Waals surface area contributed by atoms with E-state index in [1.165, 1.54) is 12.1 Å². The quantitative estimate of drug-likeness (QED) is 0.882. The first-order valence-electron chi connectivity index (χ1n) is 5.89. The van der Waals surface area contributed by atoms with Crippen LogP contribution in [0.1, 0.15) is 11.1 Å². The van der Waals surface area contributed by atoms with Crippen LogP contribution < -0.4 is 4.72 Å². The standard InChI is InChI=1S/C14H13BrClNO2S/c1-10-4-2-3-5-11(10)9-17-20(18,19)12-6-7-14(16)13(15)8-12/h2-8,17H,9H2,1H3. The molecule has 0 amide bonds. The van der Waals surface area contributed by atoms with Gasteiger partial charge in [0, 0.05) is 11.0 Å². The van der Waals surface area contributed by atoms with E-state index in [1.807, 2.05) is 31.2 Å². The number of aryl methyl sites for hydroxylation is 1. The van der Waals surface area contributed by atoms with Crippen molar-refractivity contribution in [1.82, 2.24) is 4.72 Å². The van der Waals surface area contributed by atoms with E-state index in [0.29, 0.717) is 9.50 Å². The van der Waals surface area contributed by atoms with Gasteiger partial charge >= 0.3 is 0 Å². The third-order valence-corrected chi connectivity index (χ3v) is 5.53. The van der Waals surface area contributed by atoms with Gasteiger partial charge in [-0.25, -0.2) is 13.1 Å². The van der Waals surface area contributed by atoms with E-state index in [-0.39, 0.29) is 11.4 Å². The molecule has 1 N–H and O–H groups in total. The molecule has 0 unspecified atom stereocenters. The van der Waals surface area contributed by atoms with Crippen LogP contribution in [0.3, 0.4) is 0 Å². The summed E-state index contributed by atoms with van der Waals surface area (Å²) in [5.74, 6) is 0. The molecule has 0 aliphatic carbocycles. The lowest BCUT2D eigenvalue weighted by atomic mass is 10.1. The third kappa shape index (κ3) is 3.61. The number of hydrogen-bond acceptors (Lipinski definition) is 2. The lowest BCUT2D eigenvalue weighted by Crippen LogP contribution is -2.23. The Labute approximate surface area is 132 Å². The van der Waals surface area contributed by atoms with Gasteiger partial charge in [-0.15, -0.1) is 0 Å². The first-order chi connectivity index (χ1) is 9.40. The Kier molecular flexibility index (Phi) is 4.86. The summed E-state index contributed by atoms with van der Waals surface area (Å²) < 4.78 is 27.6. The van der Waals surface area contributed by atoms with Crippen molar-refractivity contribution < 1.29 is 8.42 Å². The number of rotatable bonds is 4. The van der Waals surface area contributed by atoms with Gasteiger partial charge < -0.3 is 0 Å². The molecular formula is C14H13BrClNO2S. The highest BCUT2D eigenvalue weighted by Crippen LogP contribution is 2.25. The molecule has 0 heterocycles. The zero-order valence-corrected chi connectivity index (χ0v) is 13.9. The third-order valence-electron chi connectivity index (χ3n) is 2.92. The van der Waals surface area contributed by atoms with Gasteiger partial charge in [-0.3, -0.25) is 0 Å². The fraction of sp³-hybridized carbons (Fsp3) is 0.143. The Hall–Kier alpha value is -0.880. The summed E-state index contributed by atoms with van der Waals surface area (Å²) in [6, 6.07) is 12.2. The topological polar surface area (TPSA) is 46.2 Å². The van der Waals surface area contributed by atoms with Crippen molar-refractivity contribution in [2.75, 3.05) is 0 Å². The number of nitrogens with one attached hydrogen (secondary N) is 1. The number of benzene rings is 2. The number of hydrogen-bond donors (Lipinski definition) is 1. The Balaban J connectivity index is 2.19. The monoisotopic (exact) mass is 373 g/mol. The maximum absolute atomic E-state index is 12.2. The zero-order valence-electron chi connectivity index (χ0n) is 10.7. The highest BCUT2D eigenvalue weighted by Gasteiger charge is 2.15. The van der Waals surface area contributed by atoms with Crippen molar-refractivity contribution in [3.63, 3.8) is 0 Å². The maximum atomic E-state index is 12.2. The summed E-state index contributed by atoms with van der Waals surface area (Å²) in [7, 11) is -3.55. The summed E-state index contributed by atoms with van der Waals surface area (Å²) in [5.41, 5.74) is 2.00. The van der Waals surface area contributed by atoms with Gasteiger partial charge in [-0.1, -0.05) is 35.9 Å². The van der Waals surface area contributed by atoms with E-state index in [9.17, 15) is 8.42 Å². The van der Waals surface area contributed by atoms with Crippen molar-refractivity contribution in [3.8, 4) is 0 Å². The van der Waals surface area contributed by atoms with Crippen LogP contribution in [-0.4, -0.2) is 8.42 Å². The smallest absolute Gasteiger partial charge is 0.207 e. The van der Waals surface area contributed by atoms with E-state index in [2.05, 4.69) is 20.7 Å². The largest absolute Gasteiger partial charge is 0.240 e. The summed E-state index contributed by atoms with van der Waals surface area (Å²) >= 11 is 9.08. The van der Waals surface area contributed by atoms with E-state index in [0.717, 1.165) is 11.1 Å². The summed E-state index contributed by atoms with van der Waals surface area (Å²) in [6.45, 7) is 2.21. The van der Waals surface area contributed by atoms with Crippen LogP contribution in [0.4, 0.5) is 0 Å². The van der Waals surface area contributed by atoms with Crippen molar-refractivity contribution in [2.24, 2.45) is 0 Å². The molecule has 0 saturated heterocycles. The molecule has 106 valence electrons. The molecule has 0 radical (unpaired) electrons. The van der Waals surface area contributed by atoms with Crippen LogP contribution in [0.2, 0.25) is 5.02 Å². The van der Waals surface area contributed by atoms with Crippen LogP contribution in [0.25, 0.3) is 0 Å². The molecule has 3 nitrogen and oxygen atoms in total. The van der Waals surface area contributed by atoms with Crippen molar-refractivity contribution >= 4 is 37.6 Å². The average molecular weight is 375 g/mol. The minimum atomic E-state index is -3.55. The van der Waals surface area contributed by atoms with Crippen LogP contribution in [-0.2, 0) is 16.6 Å². The molecule has 0 aliphatic rings. The highest BCUT2D eigenvalue weighted by molar-refractivity contribution is 9.10. The van der Waals surface area contributed by atoms with Gasteiger partial charge in [-0.05, 0) is 52.2 Å². The van der Waals surface area contributed by atoms with Crippen LogP contribution in [0.5, 0.6) is 0 Å². The minimum Gasteiger partial charge on any atom is -0.207 e. The van der Waals surface area contributed by atoms with E-state index in [1.54, 1.807) is 6.07 Å². The average Bonchev–Trinajstić information content (AvgIpc) is 2.41. The second-order valence-electron chi connectivity index (χ2n) is 4.33. The van der Waals surface area contributed by atoms with Crippen molar-refractivity contribution in [3.05, 3.63) is 63.1 Å². The Morgan fingerprint density at radius 1 is 1.20 bits per heavy atom. The predicted molar refractivity (Wildman–Crippen MR) is 84.4 cm³/mol. The highest BCUT2D eigenvalue weighted by atomic mass is 79.9. The predicted octanol–water partition coefficient (Wildman–Crippen LogP) is 3.89. The Morgan fingerprint density at radius 3 is 2.55 bits per heavy atom. The Morgan fingerprint density at radius 2 is 1.90 bits per heavy atom. The molecule has 0 bridgehead atoms. The zero-order chi connectivity index (χ0) is 14.8. The van der Waals surface area contributed by atoms with Gasteiger partial charge in [0.25, 0.3) is 0 Å². The molecule has 20 heavy (non-hydrogen) atoms. The molecule has 2 aromatic rings. The minimum absolute atomic E-state index is 0.183. The second kappa shape index (κ2) is 6.26. The molecule has 0 aromatic heterocycles. The molecule has 0 aliphatic heterocycles. The van der Waals surface area contributed by atoms with Crippen molar-refractivity contribution in [2.45, 2.75) is 18.4 Å². The fourth-order valence-corrected chi connectivity index (χ4v) is 3.39. The second-order valence-corrected chi connectivity index (χ2v) is 7.36. The molecular weight excluding hydrogens is 362 g/mol. The summed E-state index contributed by atoms with van der Waals surface area (Å²) in [6.07, 6.45) is 0. The number of sulfonamides is 1. The number of halogens is 2. The normalized spacial score (nSPS) is 11.6. The van der Waals surface area contributed by atoms with Gasteiger partial charge in [0.05, 0.1) is 9.92 Å². The van der Waals surface area contributed by atoms with E-state index < -0.39 is 10.0 Å². The van der Waals surface area contributed by atoms with Gasteiger partial charge in [0.1, 0.15) is 0 Å². The molecule has 6 heteroatoms. The summed E-state index contributed by atoms with van der Waals surface area (Å²) in [4.78, 5) is 0.183. The lowest BCUT2D eigenvalue weighted by molar-refractivity contribution is 0.581. The van der Waals surface area contributed by atoms with Gasteiger partial charge in [-0.2, -0.15) is 0 Å². The maximum Gasteiger partial charge on any atom is 0.240 e. The van der Waals surface area contributed by atoms with Gasteiger partial charge in [0.2, 0.25) is 10.0 Å². The lowest BCUT2D eigenvalue weighted by Gasteiger charge is -2.09. The molecule has 2 rings (SSSR count). The molecule has 0 spiro atoms. The van der Waals surface area contributed by atoms with Gasteiger partial charge in [0.15, 0.2) is 0 Å². The summed E-state index contributed by atoms with van der Waals surface area (Å²) in [5, 5.41) is 0.475. The SMILES string of the molecule is Cc1ccccc1CNS(=O)(=O)c1ccc(Cl)c(Br)c1. The molecule has 0 fully saturated rings. The molecule has 0 atom stereocenters. The van der Waals surface area contributed by atoms with Crippen LogP contribution in [0.15, 0.2) is 51.8 Å². The molecule has 2 aromatic carbocycles. The van der Waals surface area contributed by atoms with E-state index >= 15 is 0 Å².